The maximum absolute atomic E-state index is 10.7. The lowest BCUT2D eigenvalue weighted by atomic mass is 9.95. The fourth-order valence-corrected chi connectivity index (χ4v) is 4.57. The lowest BCUT2D eigenvalue weighted by molar-refractivity contribution is -0.136. The van der Waals surface area contributed by atoms with Crippen LogP contribution < -0.4 is 10.1 Å². The predicted octanol–water partition coefficient (Wildman–Crippen LogP) is 4.63. The van der Waals surface area contributed by atoms with Gasteiger partial charge in [-0.15, -0.1) is 0 Å². The average molecular weight is 380 g/mol. The fraction of sp³-hybridized carbons (Fsp3) is 0.458. The Labute approximate surface area is 166 Å². The predicted molar refractivity (Wildman–Crippen MR) is 110 cm³/mol. The lowest BCUT2D eigenvalue weighted by Crippen LogP contribution is -2.29. The van der Waals surface area contributed by atoms with Crippen LogP contribution in [0.1, 0.15) is 66.8 Å². The van der Waals surface area contributed by atoms with Crippen molar-refractivity contribution >= 4 is 5.97 Å². The molecule has 1 saturated carbocycles. The van der Waals surface area contributed by atoms with Crippen LogP contribution in [0.5, 0.6) is 5.75 Å². The molecule has 2 N–H and O–H groups in total. The third-order valence-corrected chi connectivity index (χ3v) is 6.21. The average Bonchev–Trinajstić information content (AvgIpc) is 3.35. The van der Waals surface area contributed by atoms with Crippen LogP contribution in [0.15, 0.2) is 42.5 Å². The molecule has 1 fully saturated rings. The number of carboxylic acid groups (broad SMARTS) is 1. The van der Waals surface area contributed by atoms with Crippen LogP contribution in [-0.4, -0.2) is 23.7 Å². The highest BCUT2D eigenvalue weighted by atomic mass is 16.5. The van der Waals surface area contributed by atoms with Crippen molar-refractivity contribution in [2.75, 3.05) is 6.61 Å². The molecule has 0 spiro atoms. The van der Waals surface area contributed by atoms with E-state index >= 15 is 0 Å². The number of aryl methyl sites for hydroxylation is 1. The standard InChI is InChI=1S/C24H29NO3/c1-16(19-8-10-23-21(14-19)12-13-28-23)25-22-9-7-20(15-22)18-5-2-17(3-6-18)4-11-24(26)27/h2-3,5-6,8,10,14,16,20,22,25H,4,7,9,11-13,15H2,1H3,(H,26,27)/t16?,20-,22-/m0/s1. The number of fused-ring (bicyclic) bond motifs is 1. The number of carbonyl (C=O) groups is 1. The second kappa shape index (κ2) is 8.36. The van der Waals surface area contributed by atoms with Gasteiger partial charge in [0.15, 0.2) is 0 Å². The SMILES string of the molecule is CC(N[C@H]1CC[C@H](c2ccc(CCC(=O)O)cc2)C1)c1ccc2c(c1)CCO2. The normalized spacial score (nSPS) is 21.9. The number of hydrogen-bond acceptors (Lipinski definition) is 3. The van der Waals surface area contributed by atoms with E-state index in [1.807, 2.05) is 0 Å². The van der Waals surface area contributed by atoms with Crippen LogP contribution in [0.25, 0.3) is 0 Å². The summed E-state index contributed by atoms with van der Waals surface area (Å²) in [6, 6.07) is 16.0. The van der Waals surface area contributed by atoms with E-state index in [1.165, 1.54) is 29.5 Å². The van der Waals surface area contributed by atoms with Gasteiger partial charge < -0.3 is 15.2 Å². The molecule has 0 saturated heterocycles. The molecule has 0 radical (unpaired) electrons. The highest BCUT2D eigenvalue weighted by Gasteiger charge is 2.27. The van der Waals surface area contributed by atoms with Crippen LogP contribution in [-0.2, 0) is 17.6 Å². The summed E-state index contributed by atoms with van der Waals surface area (Å²) in [7, 11) is 0. The van der Waals surface area contributed by atoms with Crippen molar-refractivity contribution in [1.29, 1.82) is 0 Å². The molecule has 1 aliphatic carbocycles. The van der Waals surface area contributed by atoms with Gasteiger partial charge in [0.2, 0.25) is 0 Å². The summed E-state index contributed by atoms with van der Waals surface area (Å²) in [5.41, 5.74) is 5.16. The zero-order chi connectivity index (χ0) is 19.5. The van der Waals surface area contributed by atoms with Gasteiger partial charge in [-0.05, 0) is 66.8 Å². The molecule has 1 aliphatic heterocycles. The lowest BCUT2D eigenvalue weighted by Gasteiger charge is -2.21. The Kier molecular flexibility index (Phi) is 5.67. The third kappa shape index (κ3) is 4.39. The van der Waals surface area contributed by atoms with Crippen molar-refractivity contribution in [3.8, 4) is 5.75 Å². The molecule has 1 unspecified atom stereocenters. The van der Waals surface area contributed by atoms with Crippen LogP contribution in [0.3, 0.4) is 0 Å². The first-order chi connectivity index (χ1) is 13.6. The molecular formula is C24H29NO3. The van der Waals surface area contributed by atoms with Gasteiger partial charge in [-0.25, -0.2) is 0 Å². The molecule has 4 nitrogen and oxygen atoms in total. The molecule has 2 aromatic rings. The molecule has 0 aromatic heterocycles. The van der Waals surface area contributed by atoms with Gasteiger partial charge >= 0.3 is 5.97 Å². The van der Waals surface area contributed by atoms with Crippen molar-refractivity contribution in [3.63, 3.8) is 0 Å². The molecule has 2 aromatic carbocycles. The third-order valence-electron chi connectivity index (χ3n) is 6.21. The van der Waals surface area contributed by atoms with Crippen LogP contribution in [0.2, 0.25) is 0 Å². The second-order valence-corrected chi connectivity index (χ2v) is 8.20. The number of aliphatic carboxylic acids is 1. The van der Waals surface area contributed by atoms with E-state index in [0.717, 1.165) is 30.8 Å². The molecule has 1 heterocycles. The van der Waals surface area contributed by atoms with Crippen LogP contribution in [0.4, 0.5) is 0 Å². The van der Waals surface area contributed by atoms with E-state index in [1.54, 1.807) is 0 Å². The Hall–Kier alpha value is -2.33. The number of rotatable bonds is 7. The quantitative estimate of drug-likeness (QED) is 0.737. The number of nitrogens with one attached hydrogen (secondary N) is 1. The maximum atomic E-state index is 10.7. The smallest absolute Gasteiger partial charge is 0.303 e. The Balaban J connectivity index is 1.32. The first-order valence-corrected chi connectivity index (χ1v) is 10.4. The number of hydrogen-bond donors (Lipinski definition) is 2. The summed E-state index contributed by atoms with van der Waals surface area (Å²) in [6.45, 7) is 3.06. The highest BCUT2D eigenvalue weighted by Crippen LogP contribution is 2.36. The summed E-state index contributed by atoms with van der Waals surface area (Å²) >= 11 is 0. The van der Waals surface area contributed by atoms with Gasteiger partial charge in [-0.2, -0.15) is 0 Å². The highest BCUT2D eigenvalue weighted by molar-refractivity contribution is 5.67. The fourth-order valence-electron chi connectivity index (χ4n) is 4.57. The van der Waals surface area contributed by atoms with Gasteiger partial charge in [-0.1, -0.05) is 36.4 Å². The molecule has 0 bridgehead atoms. The molecule has 4 rings (SSSR count). The molecular weight excluding hydrogens is 350 g/mol. The largest absolute Gasteiger partial charge is 0.493 e. The van der Waals surface area contributed by atoms with Crippen molar-refractivity contribution < 1.29 is 14.6 Å². The summed E-state index contributed by atoms with van der Waals surface area (Å²) in [5, 5.41) is 12.6. The molecule has 28 heavy (non-hydrogen) atoms. The van der Waals surface area contributed by atoms with Crippen molar-refractivity contribution in [2.24, 2.45) is 0 Å². The summed E-state index contributed by atoms with van der Waals surface area (Å²) < 4.78 is 5.62. The van der Waals surface area contributed by atoms with E-state index in [0.29, 0.717) is 24.4 Å². The summed E-state index contributed by atoms with van der Waals surface area (Å²) in [6.07, 6.45) is 5.38. The van der Waals surface area contributed by atoms with Gasteiger partial charge in [-0.3, -0.25) is 4.79 Å². The number of ether oxygens (including phenoxy) is 1. The van der Waals surface area contributed by atoms with Crippen molar-refractivity contribution in [2.45, 2.75) is 63.5 Å². The van der Waals surface area contributed by atoms with Crippen LogP contribution >= 0.6 is 0 Å². The van der Waals surface area contributed by atoms with E-state index in [-0.39, 0.29) is 6.42 Å². The van der Waals surface area contributed by atoms with Gasteiger partial charge in [0.25, 0.3) is 0 Å². The molecule has 4 heteroatoms. The minimum absolute atomic E-state index is 0.196. The topological polar surface area (TPSA) is 58.6 Å². The first kappa shape index (κ1) is 19.0. The van der Waals surface area contributed by atoms with Gasteiger partial charge in [0, 0.05) is 24.9 Å². The number of carboxylic acids is 1. The van der Waals surface area contributed by atoms with E-state index in [9.17, 15) is 4.79 Å². The number of benzene rings is 2. The monoisotopic (exact) mass is 379 g/mol. The Morgan fingerprint density at radius 1 is 1.21 bits per heavy atom. The van der Waals surface area contributed by atoms with Gasteiger partial charge in [0.05, 0.1) is 6.61 Å². The van der Waals surface area contributed by atoms with Crippen molar-refractivity contribution in [3.05, 3.63) is 64.7 Å². The van der Waals surface area contributed by atoms with E-state index in [4.69, 9.17) is 9.84 Å². The minimum atomic E-state index is -0.737. The Bertz CT molecular complexity index is 830. The molecule has 148 valence electrons. The van der Waals surface area contributed by atoms with E-state index in [2.05, 4.69) is 54.7 Å². The van der Waals surface area contributed by atoms with Crippen LogP contribution in [0, 0.1) is 0 Å². The zero-order valence-electron chi connectivity index (χ0n) is 16.5. The van der Waals surface area contributed by atoms with E-state index < -0.39 is 5.97 Å². The Morgan fingerprint density at radius 2 is 2.04 bits per heavy atom. The van der Waals surface area contributed by atoms with Gasteiger partial charge in [0.1, 0.15) is 5.75 Å². The zero-order valence-corrected chi connectivity index (χ0v) is 16.5. The molecule has 2 aliphatic rings. The van der Waals surface area contributed by atoms with Crippen molar-refractivity contribution in [1.82, 2.24) is 5.32 Å². The molecule has 3 atom stereocenters. The second-order valence-electron chi connectivity index (χ2n) is 8.20. The first-order valence-electron chi connectivity index (χ1n) is 10.4. The molecule has 0 amide bonds. The maximum Gasteiger partial charge on any atom is 0.303 e. The summed E-state index contributed by atoms with van der Waals surface area (Å²) in [5.74, 6) is 0.897. The minimum Gasteiger partial charge on any atom is -0.493 e. The Morgan fingerprint density at radius 3 is 2.82 bits per heavy atom. The summed E-state index contributed by atoms with van der Waals surface area (Å²) in [4.78, 5) is 10.7.